The molecule has 8 heavy (non-hydrogen) atoms. The summed E-state index contributed by atoms with van der Waals surface area (Å²) in [6.45, 7) is 0. The molecule has 0 aromatic rings. The number of fused-ring (bicyclic) bond motifs is 3. The molecule has 2 saturated heterocycles. The third-order valence-electron chi connectivity index (χ3n) is 2.81. The second kappa shape index (κ2) is 1.79. The highest BCUT2D eigenvalue weighted by Gasteiger charge is 2.31. The van der Waals surface area contributed by atoms with E-state index in [1.807, 2.05) is 0 Å². The Morgan fingerprint density at radius 2 is 1.50 bits per heavy atom. The second-order valence-electron chi connectivity index (χ2n) is 3.49. The van der Waals surface area contributed by atoms with Gasteiger partial charge in [0.2, 0.25) is 0 Å². The average molecular weight is 108 g/mol. The molecule has 2 bridgehead atoms. The maximum atomic E-state index is 1.58. The predicted molar refractivity (Wildman–Crippen MR) is 37.7 cm³/mol. The minimum atomic E-state index is 1.17. The quantitative estimate of drug-likeness (QED) is 0.416. The fourth-order valence-electron chi connectivity index (χ4n) is 2.21. The average Bonchev–Trinajstić information content (AvgIpc) is 1.89. The van der Waals surface area contributed by atoms with Gasteiger partial charge in [0.1, 0.15) is 7.28 Å². The smallest absolute Gasteiger partial charge is 0.0658 e. The van der Waals surface area contributed by atoms with Crippen molar-refractivity contribution in [1.82, 2.24) is 0 Å². The lowest BCUT2D eigenvalue weighted by atomic mass is 9.40. The van der Waals surface area contributed by atoms with Crippen LogP contribution in [0.15, 0.2) is 0 Å². The van der Waals surface area contributed by atoms with Crippen molar-refractivity contribution in [2.45, 2.75) is 43.7 Å². The Kier molecular flexibility index (Phi) is 1.09. The first-order valence-corrected chi connectivity index (χ1v) is 3.95. The highest BCUT2D eigenvalue weighted by atomic mass is 14.2. The number of hydrogen-bond donors (Lipinski definition) is 0. The monoisotopic (exact) mass is 108 g/mol. The first kappa shape index (κ1) is 4.90. The van der Waals surface area contributed by atoms with Crippen molar-refractivity contribution in [2.75, 3.05) is 0 Å². The van der Waals surface area contributed by atoms with Crippen LogP contribution in [0.1, 0.15) is 32.1 Å². The van der Waals surface area contributed by atoms with Crippen molar-refractivity contribution in [2.24, 2.45) is 0 Å². The molecule has 0 N–H and O–H groups in total. The van der Waals surface area contributed by atoms with Gasteiger partial charge < -0.3 is 0 Å². The summed E-state index contributed by atoms with van der Waals surface area (Å²) >= 11 is 0. The maximum absolute atomic E-state index is 1.58. The topological polar surface area (TPSA) is 0 Å². The van der Waals surface area contributed by atoms with Gasteiger partial charge >= 0.3 is 0 Å². The van der Waals surface area contributed by atoms with Crippen LogP contribution in [0.25, 0.3) is 0 Å². The Bertz CT molecular complexity index is 68.9. The summed E-state index contributed by atoms with van der Waals surface area (Å²) in [6, 6.07) is 0. The summed E-state index contributed by atoms with van der Waals surface area (Å²) < 4.78 is 0. The van der Waals surface area contributed by atoms with Crippen molar-refractivity contribution >= 4 is 7.28 Å². The largest absolute Gasteiger partial charge is 0.127 e. The van der Waals surface area contributed by atoms with Crippen molar-refractivity contribution in [3.8, 4) is 0 Å². The molecule has 1 aliphatic carbocycles. The van der Waals surface area contributed by atoms with E-state index in [2.05, 4.69) is 0 Å². The third-order valence-corrected chi connectivity index (χ3v) is 2.81. The molecular weight excluding hydrogens is 94.9 g/mol. The van der Waals surface area contributed by atoms with E-state index in [1.165, 1.54) is 24.5 Å². The summed E-state index contributed by atoms with van der Waals surface area (Å²) in [7, 11) is 1.58. The highest BCUT2D eigenvalue weighted by Crippen LogP contribution is 2.45. The summed E-state index contributed by atoms with van der Waals surface area (Å²) in [4.78, 5) is 0. The molecular formula is C7H13B. The van der Waals surface area contributed by atoms with Gasteiger partial charge in [0.25, 0.3) is 0 Å². The molecule has 2 aliphatic heterocycles. The van der Waals surface area contributed by atoms with Crippen LogP contribution in [0.5, 0.6) is 0 Å². The minimum Gasteiger partial charge on any atom is -0.0658 e. The third kappa shape index (κ3) is 0.686. The van der Waals surface area contributed by atoms with Gasteiger partial charge in [-0.1, -0.05) is 43.7 Å². The summed E-state index contributed by atoms with van der Waals surface area (Å²) in [6.07, 6.45) is 7.75. The van der Waals surface area contributed by atoms with Crippen molar-refractivity contribution in [3.63, 3.8) is 0 Å². The van der Waals surface area contributed by atoms with E-state index in [1.54, 1.807) is 26.5 Å². The van der Waals surface area contributed by atoms with Gasteiger partial charge in [-0.05, 0) is 0 Å². The van der Waals surface area contributed by atoms with Crippen LogP contribution < -0.4 is 0 Å². The van der Waals surface area contributed by atoms with E-state index in [0.717, 1.165) is 0 Å². The van der Waals surface area contributed by atoms with Crippen LogP contribution in [-0.4, -0.2) is 7.28 Å². The van der Waals surface area contributed by atoms with Gasteiger partial charge in [-0.25, -0.2) is 0 Å². The SMILES string of the molecule is B1C2CCCC[C@H]1C2. The van der Waals surface area contributed by atoms with Crippen LogP contribution in [0.3, 0.4) is 0 Å². The van der Waals surface area contributed by atoms with Gasteiger partial charge in [-0.3, -0.25) is 0 Å². The maximum Gasteiger partial charge on any atom is 0.127 e. The molecule has 0 aromatic heterocycles. The molecule has 3 aliphatic rings. The zero-order valence-corrected chi connectivity index (χ0v) is 5.40. The van der Waals surface area contributed by atoms with Crippen molar-refractivity contribution < 1.29 is 0 Å². The normalized spacial score (nSPS) is 44.0. The molecule has 0 spiro atoms. The van der Waals surface area contributed by atoms with E-state index >= 15 is 0 Å². The Balaban J connectivity index is 1.95. The molecule has 1 saturated carbocycles. The fraction of sp³-hybridized carbons (Fsp3) is 1.00. The van der Waals surface area contributed by atoms with E-state index in [4.69, 9.17) is 0 Å². The van der Waals surface area contributed by atoms with Crippen molar-refractivity contribution in [1.29, 1.82) is 0 Å². The summed E-state index contributed by atoms with van der Waals surface area (Å²) in [5.41, 5.74) is 0. The van der Waals surface area contributed by atoms with Crippen LogP contribution in [-0.2, 0) is 0 Å². The zero-order valence-electron chi connectivity index (χ0n) is 5.40. The summed E-state index contributed by atoms with van der Waals surface area (Å²) in [5.74, 6) is 2.34. The molecule has 1 heteroatoms. The predicted octanol–water partition coefficient (Wildman–Crippen LogP) is 1.98. The lowest BCUT2D eigenvalue weighted by molar-refractivity contribution is 0.607. The molecule has 2 atom stereocenters. The van der Waals surface area contributed by atoms with E-state index < -0.39 is 0 Å². The zero-order chi connectivity index (χ0) is 5.40. The van der Waals surface area contributed by atoms with E-state index in [0.29, 0.717) is 0 Å². The molecule has 0 amide bonds. The van der Waals surface area contributed by atoms with Crippen LogP contribution in [0.4, 0.5) is 0 Å². The molecule has 2 heterocycles. The molecule has 3 fully saturated rings. The van der Waals surface area contributed by atoms with Crippen molar-refractivity contribution in [3.05, 3.63) is 0 Å². The number of hydrogen-bond acceptors (Lipinski definition) is 0. The standard InChI is InChI=1S/C7H13B/c1-2-4-7-5-6(3-1)8-7/h6-8H,1-5H2/t6-,7?/m0/s1. The fourth-order valence-corrected chi connectivity index (χ4v) is 2.21. The minimum absolute atomic E-state index is 1.17. The highest BCUT2D eigenvalue weighted by molar-refractivity contribution is 6.43. The van der Waals surface area contributed by atoms with E-state index in [-0.39, 0.29) is 0 Å². The van der Waals surface area contributed by atoms with E-state index in [9.17, 15) is 0 Å². The van der Waals surface area contributed by atoms with Gasteiger partial charge in [0, 0.05) is 0 Å². The Morgan fingerprint density at radius 3 is 2.00 bits per heavy atom. The first-order chi connectivity index (χ1) is 3.95. The van der Waals surface area contributed by atoms with Gasteiger partial charge in [0.05, 0.1) is 0 Å². The molecule has 3 rings (SSSR count). The summed E-state index contributed by atoms with van der Waals surface area (Å²) in [5, 5.41) is 0. The Hall–Kier alpha value is 0.0649. The van der Waals surface area contributed by atoms with Gasteiger partial charge in [-0.2, -0.15) is 0 Å². The molecule has 0 aromatic carbocycles. The van der Waals surface area contributed by atoms with Crippen LogP contribution >= 0.6 is 0 Å². The molecule has 44 valence electrons. The first-order valence-electron chi connectivity index (χ1n) is 3.95. The Labute approximate surface area is 51.9 Å². The Morgan fingerprint density at radius 1 is 1.00 bits per heavy atom. The molecule has 1 unspecified atom stereocenters. The second-order valence-corrected chi connectivity index (χ2v) is 3.49. The lowest BCUT2D eigenvalue weighted by Crippen LogP contribution is -2.21. The molecule has 0 radical (unpaired) electrons. The van der Waals surface area contributed by atoms with Gasteiger partial charge in [0.15, 0.2) is 0 Å². The van der Waals surface area contributed by atoms with Crippen LogP contribution in [0.2, 0.25) is 11.6 Å². The number of rotatable bonds is 0. The van der Waals surface area contributed by atoms with Gasteiger partial charge in [-0.15, -0.1) is 0 Å². The lowest BCUT2D eigenvalue weighted by Gasteiger charge is -2.30. The molecule has 0 nitrogen and oxygen atoms in total. The van der Waals surface area contributed by atoms with Crippen LogP contribution in [0, 0.1) is 0 Å².